The number of rotatable bonds is 4. The highest BCUT2D eigenvalue weighted by atomic mass is 28.3. The fourth-order valence-corrected chi connectivity index (χ4v) is 0.658. The summed E-state index contributed by atoms with van der Waals surface area (Å²) in [6, 6.07) is 0. The van der Waals surface area contributed by atoms with Crippen molar-refractivity contribution in [1.82, 2.24) is 0 Å². The minimum absolute atomic E-state index is 0.439. The summed E-state index contributed by atoms with van der Waals surface area (Å²) in [5.41, 5.74) is 0. The second-order valence-corrected chi connectivity index (χ2v) is 2.24. The number of hydrogen-bond donors (Lipinski definition) is 1. The molecule has 0 aliphatic rings. The van der Waals surface area contributed by atoms with Crippen LogP contribution in [0.3, 0.4) is 0 Å². The molecule has 0 atom stereocenters. The monoisotopic (exact) mass is 135 g/mol. The van der Waals surface area contributed by atoms with Gasteiger partial charge in [0.2, 0.25) is 0 Å². The van der Waals surface area contributed by atoms with Gasteiger partial charge in [-0.05, 0) is 6.42 Å². The first-order valence-corrected chi connectivity index (χ1v) is 3.57. The molecule has 0 aromatic heterocycles. The zero-order chi connectivity index (χ0) is 6.41. The SMILES string of the molecule is CCCO[Si](=O)ON. The van der Waals surface area contributed by atoms with E-state index >= 15 is 0 Å². The number of hydrogen-bond acceptors (Lipinski definition) is 4. The normalized spacial score (nSPS) is 8.25. The molecule has 48 valence electrons. The van der Waals surface area contributed by atoms with Crippen LogP contribution in [0, 0.1) is 0 Å². The summed E-state index contributed by atoms with van der Waals surface area (Å²) in [6.45, 7) is 2.35. The Kier molecular flexibility index (Phi) is 4.48. The van der Waals surface area contributed by atoms with E-state index in [1.165, 1.54) is 0 Å². The summed E-state index contributed by atoms with van der Waals surface area (Å²) in [5, 5.41) is 0. The van der Waals surface area contributed by atoms with Crippen LogP contribution < -0.4 is 5.90 Å². The molecule has 0 unspecified atom stereocenters. The molecule has 0 aromatic rings. The van der Waals surface area contributed by atoms with Crippen molar-refractivity contribution < 1.29 is 13.4 Å². The van der Waals surface area contributed by atoms with Crippen molar-refractivity contribution in [2.24, 2.45) is 5.90 Å². The van der Waals surface area contributed by atoms with E-state index in [1.54, 1.807) is 0 Å². The lowest BCUT2D eigenvalue weighted by atomic mass is 10.5. The molecule has 5 heteroatoms. The van der Waals surface area contributed by atoms with Crippen molar-refractivity contribution >= 4 is 9.17 Å². The minimum Gasteiger partial charge on any atom is -0.495 e. The summed E-state index contributed by atoms with van der Waals surface area (Å²) in [4.78, 5) is 0. The third-order valence-electron chi connectivity index (χ3n) is 0.520. The Morgan fingerprint density at radius 2 is 2.38 bits per heavy atom. The van der Waals surface area contributed by atoms with E-state index < -0.39 is 9.17 Å². The molecule has 0 saturated carbocycles. The largest absolute Gasteiger partial charge is 0.787 e. The zero-order valence-corrected chi connectivity index (χ0v) is 5.72. The molecule has 0 aliphatic heterocycles. The van der Waals surface area contributed by atoms with Crippen LogP contribution in [0.1, 0.15) is 13.3 Å². The standard InChI is InChI=1S/C3H9NO3Si/c1-2-3-6-8(5)7-4/h2-4H2,1H3. The van der Waals surface area contributed by atoms with E-state index in [0.29, 0.717) is 6.61 Å². The minimum atomic E-state index is -2.36. The fraction of sp³-hybridized carbons (Fsp3) is 1.00. The fourth-order valence-electron chi connectivity index (χ4n) is 0.219. The molecule has 4 nitrogen and oxygen atoms in total. The number of nitrogens with two attached hydrogens (primary N) is 1. The molecular formula is C3H9NO3Si. The van der Waals surface area contributed by atoms with Crippen molar-refractivity contribution in [2.75, 3.05) is 6.61 Å². The Labute approximate surface area is 49.4 Å². The smallest absolute Gasteiger partial charge is 0.495 e. The van der Waals surface area contributed by atoms with Gasteiger partial charge in [0, 0.05) is 0 Å². The van der Waals surface area contributed by atoms with Crippen LogP contribution in [-0.4, -0.2) is 15.8 Å². The Morgan fingerprint density at radius 1 is 1.75 bits per heavy atom. The van der Waals surface area contributed by atoms with Crippen LogP contribution in [0.2, 0.25) is 0 Å². The molecule has 2 N–H and O–H groups in total. The highest BCUT2D eigenvalue weighted by molar-refractivity contribution is 6.25. The van der Waals surface area contributed by atoms with Gasteiger partial charge in [-0.3, -0.25) is 4.46 Å². The summed E-state index contributed by atoms with van der Waals surface area (Å²) < 4.78 is 18.6. The molecule has 0 bridgehead atoms. The van der Waals surface area contributed by atoms with Crippen molar-refractivity contribution in [3.05, 3.63) is 0 Å². The predicted octanol–water partition coefficient (Wildman–Crippen LogP) is -0.281. The average Bonchev–Trinajstić information content (AvgIpc) is 1.83. The van der Waals surface area contributed by atoms with Crippen molar-refractivity contribution in [1.29, 1.82) is 0 Å². The van der Waals surface area contributed by atoms with Crippen LogP contribution in [-0.2, 0) is 13.4 Å². The quantitative estimate of drug-likeness (QED) is 0.425. The van der Waals surface area contributed by atoms with Crippen LogP contribution in [0.5, 0.6) is 0 Å². The second kappa shape index (κ2) is 4.73. The van der Waals surface area contributed by atoms with Crippen molar-refractivity contribution in [3.63, 3.8) is 0 Å². The summed E-state index contributed by atoms with van der Waals surface area (Å²) in [6.07, 6.45) is 0.819. The van der Waals surface area contributed by atoms with Crippen LogP contribution >= 0.6 is 0 Å². The molecule has 0 aromatic carbocycles. The van der Waals surface area contributed by atoms with E-state index in [0.717, 1.165) is 6.42 Å². The van der Waals surface area contributed by atoms with Gasteiger partial charge < -0.3 is 8.95 Å². The lowest BCUT2D eigenvalue weighted by molar-refractivity contribution is 0.171. The Morgan fingerprint density at radius 3 is 2.75 bits per heavy atom. The molecule has 0 radical (unpaired) electrons. The van der Waals surface area contributed by atoms with Gasteiger partial charge in [-0.15, -0.1) is 0 Å². The topological polar surface area (TPSA) is 61.5 Å². The van der Waals surface area contributed by atoms with Gasteiger partial charge in [0.1, 0.15) is 0 Å². The van der Waals surface area contributed by atoms with Gasteiger partial charge in [-0.25, -0.2) is 0 Å². The maximum atomic E-state index is 10.2. The van der Waals surface area contributed by atoms with Gasteiger partial charge in [0.25, 0.3) is 0 Å². The molecule has 0 aliphatic carbocycles. The van der Waals surface area contributed by atoms with Crippen molar-refractivity contribution in [2.45, 2.75) is 13.3 Å². The molecule has 0 heterocycles. The molecule has 0 saturated heterocycles. The van der Waals surface area contributed by atoms with Crippen LogP contribution in [0.4, 0.5) is 0 Å². The first-order chi connectivity index (χ1) is 3.81. The van der Waals surface area contributed by atoms with Crippen molar-refractivity contribution in [3.8, 4) is 0 Å². The average molecular weight is 135 g/mol. The zero-order valence-electron chi connectivity index (χ0n) is 4.72. The van der Waals surface area contributed by atoms with Crippen LogP contribution in [0.25, 0.3) is 0 Å². The summed E-state index contributed by atoms with van der Waals surface area (Å²) in [5.74, 6) is 4.52. The summed E-state index contributed by atoms with van der Waals surface area (Å²) in [7, 11) is -2.36. The summed E-state index contributed by atoms with van der Waals surface area (Å²) >= 11 is 0. The third kappa shape index (κ3) is 3.76. The maximum Gasteiger partial charge on any atom is 0.787 e. The third-order valence-corrected chi connectivity index (χ3v) is 1.15. The first-order valence-electron chi connectivity index (χ1n) is 2.34. The molecule has 0 fully saturated rings. The van der Waals surface area contributed by atoms with E-state index in [4.69, 9.17) is 0 Å². The lowest BCUT2D eigenvalue weighted by Gasteiger charge is -1.95. The van der Waals surface area contributed by atoms with E-state index in [2.05, 4.69) is 14.8 Å². The maximum absolute atomic E-state index is 10.2. The van der Waals surface area contributed by atoms with E-state index in [9.17, 15) is 4.46 Å². The van der Waals surface area contributed by atoms with Gasteiger partial charge in [0.15, 0.2) is 0 Å². The van der Waals surface area contributed by atoms with Gasteiger partial charge >= 0.3 is 9.17 Å². The predicted molar refractivity (Wildman–Crippen MR) is 28.0 cm³/mol. The molecule has 0 rings (SSSR count). The van der Waals surface area contributed by atoms with E-state index in [1.807, 2.05) is 6.92 Å². The highest BCUT2D eigenvalue weighted by Gasteiger charge is 2.05. The highest BCUT2D eigenvalue weighted by Crippen LogP contribution is 1.77. The second-order valence-electron chi connectivity index (χ2n) is 1.22. The van der Waals surface area contributed by atoms with Gasteiger partial charge in [-0.1, -0.05) is 6.92 Å². The van der Waals surface area contributed by atoms with Gasteiger partial charge in [-0.2, -0.15) is 5.90 Å². The Hall–Kier alpha value is -0.423. The van der Waals surface area contributed by atoms with Crippen LogP contribution in [0.15, 0.2) is 0 Å². The Balaban J connectivity index is 2.99. The first kappa shape index (κ1) is 7.58. The lowest BCUT2D eigenvalue weighted by Crippen LogP contribution is -2.16. The van der Waals surface area contributed by atoms with E-state index in [-0.39, 0.29) is 0 Å². The van der Waals surface area contributed by atoms with Gasteiger partial charge in [0.05, 0.1) is 6.61 Å². The molecule has 0 spiro atoms. The molecule has 8 heavy (non-hydrogen) atoms. The molecule has 0 amide bonds. The molecular weight excluding hydrogens is 126 g/mol. The Bertz CT molecular complexity index is 76.9.